The molecule has 1 unspecified atom stereocenters. The van der Waals surface area contributed by atoms with Crippen LogP contribution >= 0.6 is 0 Å². The third-order valence-corrected chi connectivity index (χ3v) is 2.61. The highest BCUT2D eigenvalue weighted by Gasteiger charge is 2.00. The second-order valence-electron chi connectivity index (χ2n) is 4.24. The first-order valence-electron chi connectivity index (χ1n) is 6.08. The molecule has 0 aliphatic heterocycles. The van der Waals surface area contributed by atoms with Gasteiger partial charge in [0.25, 0.3) is 0 Å². The number of benzene rings is 1. The SMILES string of the molecule is CC#Cc1ccc(C=CC(C)CCC)cc1F. The molecule has 0 fully saturated rings. The predicted octanol–water partition coefficient (Wildman–Crippen LogP) is 4.65. The zero-order valence-electron chi connectivity index (χ0n) is 10.8. The maximum Gasteiger partial charge on any atom is 0.139 e. The molecule has 0 aromatic heterocycles. The van der Waals surface area contributed by atoms with Crippen molar-refractivity contribution in [1.29, 1.82) is 0 Å². The zero-order chi connectivity index (χ0) is 12.7. The van der Waals surface area contributed by atoms with Crippen molar-refractivity contribution in [3.05, 3.63) is 41.2 Å². The number of hydrogen-bond donors (Lipinski definition) is 0. The maximum absolute atomic E-state index is 13.6. The maximum atomic E-state index is 13.6. The molecule has 0 aliphatic carbocycles. The van der Waals surface area contributed by atoms with Crippen molar-refractivity contribution in [3.8, 4) is 11.8 Å². The van der Waals surface area contributed by atoms with Crippen molar-refractivity contribution in [2.24, 2.45) is 5.92 Å². The van der Waals surface area contributed by atoms with E-state index >= 15 is 0 Å². The van der Waals surface area contributed by atoms with Crippen molar-refractivity contribution in [2.45, 2.75) is 33.6 Å². The molecule has 0 heterocycles. The van der Waals surface area contributed by atoms with E-state index in [1.807, 2.05) is 12.1 Å². The van der Waals surface area contributed by atoms with E-state index in [4.69, 9.17) is 0 Å². The molecule has 0 bridgehead atoms. The summed E-state index contributed by atoms with van der Waals surface area (Å²) in [6, 6.07) is 5.17. The summed E-state index contributed by atoms with van der Waals surface area (Å²) in [6.45, 7) is 6.05. The lowest BCUT2D eigenvalue weighted by atomic mass is 10.0. The molecule has 0 radical (unpaired) electrons. The third kappa shape index (κ3) is 4.44. The molecule has 1 aromatic rings. The second-order valence-corrected chi connectivity index (χ2v) is 4.24. The largest absolute Gasteiger partial charge is 0.206 e. The van der Waals surface area contributed by atoms with E-state index < -0.39 is 0 Å². The van der Waals surface area contributed by atoms with Gasteiger partial charge in [-0.15, -0.1) is 5.92 Å². The Morgan fingerprint density at radius 2 is 2.18 bits per heavy atom. The van der Waals surface area contributed by atoms with Crippen LogP contribution in [0.1, 0.15) is 44.7 Å². The first-order chi connectivity index (χ1) is 8.17. The smallest absolute Gasteiger partial charge is 0.139 e. The molecular weight excluding hydrogens is 211 g/mol. The van der Waals surface area contributed by atoms with Crippen LogP contribution < -0.4 is 0 Å². The highest BCUT2D eigenvalue weighted by molar-refractivity contribution is 5.52. The van der Waals surface area contributed by atoms with Gasteiger partial charge in [0, 0.05) is 0 Å². The van der Waals surface area contributed by atoms with E-state index in [-0.39, 0.29) is 5.82 Å². The van der Waals surface area contributed by atoms with E-state index in [1.54, 1.807) is 13.0 Å². The Balaban J connectivity index is 2.79. The Hall–Kier alpha value is -1.55. The summed E-state index contributed by atoms with van der Waals surface area (Å²) in [6.07, 6.45) is 6.44. The van der Waals surface area contributed by atoms with Gasteiger partial charge in [-0.05, 0) is 37.0 Å². The molecule has 0 saturated carbocycles. The predicted molar refractivity (Wildman–Crippen MR) is 72.1 cm³/mol. The minimum absolute atomic E-state index is 0.246. The van der Waals surface area contributed by atoms with Gasteiger partial charge < -0.3 is 0 Å². The normalized spacial score (nSPS) is 12.2. The minimum atomic E-state index is -0.246. The number of rotatable bonds is 4. The lowest BCUT2D eigenvalue weighted by molar-refractivity contribution is 0.623. The van der Waals surface area contributed by atoms with Crippen LogP contribution in [0.3, 0.4) is 0 Å². The molecule has 0 N–H and O–H groups in total. The summed E-state index contributed by atoms with van der Waals surface area (Å²) in [4.78, 5) is 0. The fourth-order valence-corrected chi connectivity index (χ4v) is 1.70. The Morgan fingerprint density at radius 3 is 2.76 bits per heavy atom. The highest BCUT2D eigenvalue weighted by Crippen LogP contribution is 2.13. The topological polar surface area (TPSA) is 0 Å². The molecule has 90 valence electrons. The first-order valence-corrected chi connectivity index (χ1v) is 6.08. The summed E-state index contributed by atoms with van der Waals surface area (Å²) in [5, 5.41) is 0. The molecule has 0 aliphatic rings. The number of hydrogen-bond acceptors (Lipinski definition) is 0. The standard InChI is InChI=1S/C16H19F/c1-4-6-13(3)8-9-14-10-11-15(7-5-2)16(17)12-14/h8-13H,4,6H2,1-3H3. The van der Waals surface area contributed by atoms with E-state index in [9.17, 15) is 4.39 Å². The molecule has 0 saturated heterocycles. The Morgan fingerprint density at radius 1 is 1.41 bits per heavy atom. The summed E-state index contributed by atoms with van der Waals surface area (Å²) < 4.78 is 13.6. The van der Waals surface area contributed by atoms with Crippen LogP contribution in [0.25, 0.3) is 6.08 Å². The van der Waals surface area contributed by atoms with Crippen LogP contribution in [0.15, 0.2) is 24.3 Å². The van der Waals surface area contributed by atoms with E-state index in [1.165, 1.54) is 18.9 Å². The second kappa shape index (κ2) is 6.91. The minimum Gasteiger partial charge on any atom is -0.206 e. The van der Waals surface area contributed by atoms with Crippen molar-refractivity contribution < 1.29 is 4.39 Å². The average Bonchev–Trinajstić information content (AvgIpc) is 2.30. The Labute approximate surface area is 104 Å². The lowest BCUT2D eigenvalue weighted by Gasteiger charge is -2.03. The molecule has 0 amide bonds. The van der Waals surface area contributed by atoms with Gasteiger partial charge in [0.2, 0.25) is 0 Å². The molecule has 0 nitrogen and oxygen atoms in total. The zero-order valence-corrected chi connectivity index (χ0v) is 10.8. The van der Waals surface area contributed by atoms with Gasteiger partial charge in [0.15, 0.2) is 0 Å². The first kappa shape index (κ1) is 13.5. The molecule has 1 rings (SSSR count). The van der Waals surface area contributed by atoms with Crippen molar-refractivity contribution >= 4 is 6.08 Å². The molecule has 1 atom stereocenters. The van der Waals surface area contributed by atoms with Crippen LogP contribution in [0.4, 0.5) is 4.39 Å². The summed E-state index contributed by atoms with van der Waals surface area (Å²) in [7, 11) is 0. The van der Waals surface area contributed by atoms with Gasteiger partial charge in [-0.1, -0.05) is 44.4 Å². The van der Waals surface area contributed by atoms with Gasteiger partial charge >= 0.3 is 0 Å². The van der Waals surface area contributed by atoms with E-state index in [0.717, 1.165) is 5.56 Å². The summed E-state index contributed by atoms with van der Waals surface area (Å²) >= 11 is 0. The van der Waals surface area contributed by atoms with Crippen molar-refractivity contribution in [1.82, 2.24) is 0 Å². The Bertz CT molecular complexity index is 446. The van der Waals surface area contributed by atoms with Gasteiger partial charge in [-0.25, -0.2) is 4.39 Å². The molecular formula is C16H19F. The number of allylic oxidation sites excluding steroid dienone is 1. The van der Waals surface area contributed by atoms with Gasteiger partial charge in [0.05, 0.1) is 5.56 Å². The van der Waals surface area contributed by atoms with Gasteiger partial charge in [-0.2, -0.15) is 0 Å². The fourth-order valence-electron chi connectivity index (χ4n) is 1.70. The summed E-state index contributed by atoms with van der Waals surface area (Å²) in [5.74, 6) is 5.74. The highest BCUT2D eigenvalue weighted by atomic mass is 19.1. The molecule has 1 heteroatoms. The number of halogens is 1. The fraction of sp³-hybridized carbons (Fsp3) is 0.375. The van der Waals surface area contributed by atoms with Crippen LogP contribution in [0, 0.1) is 23.6 Å². The van der Waals surface area contributed by atoms with E-state index in [2.05, 4.69) is 31.8 Å². The van der Waals surface area contributed by atoms with Crippen LogP contribution in [0.2, 0.25) is 0 Å². The molecule has 1 aromatic carbocycles. The van der Waals surface area contributed by atoms with Gasteiger partial charge in [0.1, 0.15) is 5.82 Å². The van der Waals surface area contributed by atoms with Crippen molar-refractivity contribution in [3.63, 3.8) is 0 Å². The monoisotopic (exact) mass is 230 g/mol. The van der Waals surface area contributed by atoms with Crippen molar-refractivity contribution in [2.75, 3.05) is 0 Å². The third-order valence-electron chi connectivity index (χ3n) is 2.61. The molecule has 0 spiro atoms. The quantitative estimate of drug-likeness (QED) is 0.661. The van der Waals surface area contributed by atoms with E-state index in [0.29, 0.717) is 11.5 Å². The average molecular weight is 230 g/mol. The van der Waals surface area contributed by atoms with Crippen LogP contribution in [-0.4, -0.2) is 0 Å². The lowest BCUT2D eigenvalue weighted by Crippen LogP contribution is -1.88. The molecule has 17 heavy (non-hydrogen) atoms. The van der Waals surface area contributed by atoms with Crippen LogP contribution in [-0.2, 0) is 0 Å². The summed E-state index contributed by atoms with van der Waals surface area (Å²) in [5.41, 5.74) is 1.36. The van der Waals surface area contributed by atoms with Gasteiger partial charge in [-0.3, -0.25) is 0 Å². The Kier molecular flexibility index (Phi) is 5.49. The van der Waals surface area contributed by atoms with Crippen LogP contribution in [0.5, 0.6) is 0 Å².